The normalized spacial score (nSPS) is 30.9. The minimum atomic E-state index is 0.423. The van der Waals surface area contributed by atoms with Crippen molar-refractivity contribution in [1.82, 2.24) is 4.90 Å². The third kappa shape index (κ3) is 3.87. The Labute approximate surface area is 104 Å². The first-order chi connectivity index (χ1) is 8.25. The van der Waals surface area contributed by atoms with Gasteiger partial charge >= 0.3 is 0 Å². The summed E-state index contributed by atoms with van der Waals surface area (Å²) >= 11 is 0. The lowest BCUT2D eigenvalue weighted by Crippen LogP contribution is -2.43. The van der Waals surface area contributed by atoms with Crippen LogP contribution in [0, 0.1) is 5.92 Å². The molecule has 0 aromatic rings. The van der Waals surface area contributed by atoms with Gasteiger partial charge < -0.3 is 15.4 Å². The molecular formula is C13H25N3O. The van der Waals surface area contributed by atoms with Crippen molar-refractivity contribution < 1.29 is 4.74 Å². The number of rotatable bonds is 3. The van der Waals surface area contributed by atoms with Crippen LogP contribution in [0.15, 0.2) is 4.99 Å². The highest BCUT2D eigenvalue weighted by molar-refractivity contribution is 5.78. The Hall–Kier alpha value is -0.770. The third-order valence-corrected chi connectivity index (χ3v) is 3.73. The van der Waals surface area contributed by atoms with Crippen molar-refractivity contribution in [3.63, 3.8) is 0 Å². The smallest absolute Gasteiger partial charge is 0.191 e. The maximum atomic E-state index is 6.03. The summed E-state index contributed by atoms with van der Waals surface area (Å²) in [6, 6.07) is 0. The number of piperidine rings is 1. The molecule has 4 heteroatoms. The van der Waals surface area contributed by atoms with E-state index >= 15 is 0 Å². The maximum Gasteiger partial charge on any atom is 0.191 e. The topological polar surface area (TPSA) is 50.8 Å². The van der Waals surface area contributed by atoms with Crippen molar-refractivity contribution >= 4 is 5.96 Å². The molecular weight excluding hydrogens is 214 g/mol. The zero-order valence-electron chi connectivity index (χ0n) is 10.9. The molecule has 98 valence electrons. The van der Waals surface area contributed by atoms with Crippen LogP contribution in [0.4, 0.5) is 0 Å². The van der Waals surface area contributed by atoms with Gasteiger partial charge in [0.25, 0.3) is 0 Å². The van der Waals surface area contributed by atoms with Crippen LogP contribution >= 0.6 is 0 Å². The molecule has 4 nitrogen and oxygen atoms in total. The molecule has 2 rings (SSSR count). The van der Waals surface area contributed by atoms with Crippen LogP contribution in [0.2, 0.25) is 0 Å². The molecule has 17 heavy (non-hydrogen) atoms. The molecule has 0 bridgehead atoms. The van der Waals surface area contributed by atoms with Gasteiger partial charge in [0.2, 0.25) is 0 Å². The van der Waals surface area contributed by atoms with E-state index in [9.17, 15) is 0 Å². The molecule has 0 aliphatic carbocycles. The van der Waals surface area contributed by atoms with E-state index in [1.807, 2.05) is 0 Å². The summed E-state index contributed by atoms with van der Waals surface area (Å²) in [4.78, 5) is 6.71. The Kier molecular flexibility index (Phi) is 4.66. The van der Waals surface area contributed by atoms with Crippen LogP contribution in [0.3, 0.4) is 0 Å². The molecule has 0 aromatic heterocycles. The second-order valence-electron chi connectivity index (χ2n) is 5.36. The minimum Gasteiger partial charge on any atom is -0.378 e. The van der Waals surface area contributed by atoms with Crippen LogP contribution in [-0.4, -0.2) is 43.2 Å². The number of aliphatic imine (C=N–C) groups is 1. The van der Waals surface area contributed by atoms with Crippen LogP contribution in [0.25, 0.3) is 0 Å². The summed E-state index contributed by atoms with van der Waals surface area (Å²) in [7, 11) is 0. The van der Waals surface area contributed by atoms with E-state index in [-0.39, 0.29) is 0 Å². The van der Waals surface area contributed by atoms with E-state index in [0.29, 0.717) is 6.10 Å². The Morgan fingerprint density at radius 2 is 2.29 bits per heavy atom. The molecule has 2 heterocycles. The molecule has 0 radical (unpaired) electrons. The SMILES string of the molecule is CC1CCCN(C(N)=NCCC2CCCO2)C1. The molecule has 0 amide bonds. The zero-order valence-corrected chi connectivity index (χ0v) is 10.9. The summed E-state index contributed by atoms with van der Waals surface area (Å²) < 4.78 is 5.57. The molecule has 2 fully saturated rings. The molecule has 2 aliphatic heterocycles. The van der Waals surface area contributed by atoms with Gasteiger partial charge in [-0.05, 0) is 38.0 Å². The largest absolute Gasteiger partial charge is 0.378 e. The van der Waals surface area contributed by atoms with E-state index in [1.165, 1.54) is 25.7 Å². The van der Waals surface area contributed by atoms with E-state index < -0.39 is 0 Å². The van der Waals surface area contributed by atoms with Crippen molar-refractivity contribution in [3.05, 3.63) is 0 Å². The van der Waals surface area contributed by atoms with Crippen molar-refractivity contribution in [2.24, 2.45) is 16.6 Å². The van der Waals surface area contributed by atoms with Gasteiger partial charge in [-0.2, -0.15) is 0 Å². The Morgan fingerprint density at radius 3 is 3.00 bits per heavy atom. The van der Waals surface area contributed by atoms with Crippen LogP contribution < -0.4 is 5.73 Å². The first kappa shape index (κ1) is 12.7. The zero-order chi connectivity index (χ0) is 12.1. The molecule has 2 N–H and O–H groups in total. The van der Waals surface area contributed by atoms with Gasteiger partial charge in [-0.15, -0.1) is 0 Å². The van der Waals surface area contributed by atoms with Gasteiger partial charge in [-0.1, -0.05) is 6.92 Å². The van der Waals surface area contributed by atoms with Gasteiger partial charge in [0.05, 0.1) is 6.10 Å². The van der Waals surface area contributed by atoms with Crippen LogP contribution in [-0.2, 0) is 4.74 Å². The lowest BCUT2D eigenvalue weighted by atomic mass is 10.0. The van der Waals surface area contributed by atoms with Crippen molar-refractivity contribution in [2.75, 3.05) is 26.2 Å². The predicted molar refractivity (Wildman–Crippen MR) is 70.1 cm³/mol. The van der Waals surface area contributed by atoms with Crippen LogP contribution in [0.5, 0.6) is 0 Å². The van der Waals surface area contributed by atoms with Crippen molar-refractivity contribution in [1.29, 1.82) is 0 Å². The molecule has 0 aromatic carbocycles. The molecule has 0 saturated carbocycles. The van der Waals surface area contributed by atoms with E-state index in [2.05, 4.69) is 16.8 Å². The summed E-state index contributed by atoms with van der Waals surface area (Å²) in [5, 5.41) is 0. The number of nitrogens with two attached hydrogens (primary N) is 1. The van der Waals surface area contributed by atoms with Crippen molar-refractivity contribution in [3.8, 4) is 0 Å². The quantitative estimate of drug-likeness (QED) is 0.601. The Morgan fingerprint density at radius 1 is 1.41 bits per heavy atom. The summed E-state index contributed by atoms with van der Waals surface area (Å²) in [6.07, 6.45) is 6.39. The van der Waals surface area contributed by atoms with Gasteiger partial charge in [-0.3, -0.25) is 4.99 Å². The number of guanidine groups is 1. The minimum absolute atomic E-state index is 0.423. The van der Waals surface area contributed by atoms with E-state index in [4.69, 9.17) is 10.5 Å². The highest BCUT2D eigenvalue weighted by Gasteiger charge is 2.18. The molecule has 2 atom stereocenters. The highest BCUT2D eigenvalue weighted by atomic mass is 16.5. The first-order valence-electron chi connectivity index (χ1n) is 6.92. The lowest BCUT2D eigenvalue weighted by Gasteiger charge is -2.31. The first-order valence-corrected chi connectivity index (χ1v) is 6.92. The molecule has 2 aliphatic rings. The van der Waals surface area contributed by atoms with Gasteiger partial charge in [0.15, 0.2) is 5.96 Å². The Bertz CT molecular complexity index is 261. The van der Waals surface area contributed by atoms with Gasteiger partial charge in [-0.25, -0.2) is 0 Å². The number of hydrogen-bond acceptors (Lipinski definition) is 2. The third-order valence-electron chi connectivity index (χ3n) is 3.73. The lowest BCUT2D eigenvalue weighted by molar-refractivity contribution is 0.106. The average molecular weight is 239 g/mol. The summed E-state index contributed by atoms with van der Waals surface area (Å²) in [5.74, 6) is 1.48. The fraction of sp³-hybridized carbons (Fsp3) is 0.923. The molecule has 2 saturated heterocycles. The van der Waals surface area contributed by atoms with E-state index in [0.717, 1.165) is 44.5 Å². The second-order valence-corrected chi connectivity index (χ2v) is 5.36. The number of hydrogen-bond donors (Lipinski definition) is 1. The maximum absolute atomic E-state index is 6.03. The summed E-state index contributed by atoms with van der Waals surface area (Å²) in [5.41, 5.74) is 6.03. The second kappa shape index (κ2) is 6.24. The summed E-state index contributed by atoms with van der Waals surface area (Å²) in [6.45, 7) is 6.15. The van der Waals surface area contributed by atoms with Crippen LogP contribution in [0.1, 0.15) is 39.0 Å². The molecule has 2 unspecified atom stereocenters. The van der Waals surface area contributed by atoms with Gasteiger partial charge in [0.1, 0.15) is 0 Å². The Balaban J connectivity index is 1.71. The molecule has 0 spiro atoms. The predicted octanol–water partition coefficient (Wildman–Crippen LogP) is 1.60. The van der Waals surface area contributed by atoms with Gasteiger partial charge in [0, 0.05) is 26.2 Å². The average Bonchev–Trinajstić information content (AvgIpc) is 2.82. The fourth-order valence-corrected chi connectivity index (χ4v) is 2.69. The monoisotopic (exact) mass is 239 g/mol. The fourth-order valence-electron chi connectivity index (χ4n) is 2.69. The number of nitrogens with zero attached hydrogens (tertiary/aromatic N) is 2. The van der Waals surface area contributed by atoms with Crippen molar-refractivity contribution in [2.45, 2.75) is 45.1 Å². The van der Waals surface area contributed by atoms with E-state index in [1.54, 1.807) is 0 Å². The standard InChI is InChI=1S/C13H25N3O/c1-11-4-2-8-16(10-11)13(14)15-7-6-12-5-3-9-17-12/h11-12H,2-10H2,1H3,(H2,14,15). The number of ether oxygens (including phenoxy) is 1. The number of likely N-dealkylation sites (tertiary alicyclic amines) is 1. The highest BCUT2D eigenvalue weighted by Crippen LogP contribution is 2.16.